The number of hydrogen-bond donors (Lipinski definition) is 1. The van der Waals surface area contributed by atoms with Crippen molar-refractivity contribution in [2.45, 2.75) is 25.4 Å². The summed E-state index contributed by atoms with van der Waals surface area (Å²) >= 11 is 0. The lowest BCUT2D eigenvalue weighted by molar-refractivity contribution is -0.137. The number of halogens is 3. The molecule has 0 saturated heterocycles. The number of rotatable bonds is 1. The molecule has 0 aromatic heterocycles. The minimum Gasteiger partial charge on any atom is -0.398 e. The van der Waals surface area contributed by atoms with Crippen LogP contribution >= 0.6 is 0 Å². The van der Waals surface area contributed by atoms with Crippen LogP contribution in [0, 0.1) is 0 Å². The lowest BCUT2D eigenvalue weighted by atomic mass is 9.91. The molecule has 1 aromatic carbocycles. The first-order valence-corrected chi connectivity index (χ1v) is 5.58. The van der Waals surface area contributed by atoms with Gasteiger partial charge in [-0.25, -0.2) is 0 Å². The summed E-state index contributed by atoms with van der Waals surface area (Å²) in [5.74, 6) is -0.0620. The fraction of sp³-hybridized carbons (Fsp3) is 0.308. The normalized spacial score (nSPS) is 16.6. The molecular formula is C13H12F3NO. The van der Waals surface area contributed by atoms with E-state index >= 15 is 0 Å². The highest BCUT2D eigenvalue weighted by molar-refractivity contribution is 5.99. The third-order valence-corrected chi connectivity index (χ3v) is 2.93. The van der Waals surface area contributed by atoms with Crippen LogP contribution in [0.25, 0.3) is 5.57 Å². The van der Waals surface area contributed by atoms with Crippen LogP contribution in [0.3, 0.4) is 0 Å². The zero-order valence-corrected chi connectivity index (χ0v) is 9.55. The van der Waals surface area contributed by atoms with Gasteiger partial charge in [-0.3, -0.25) is 4.79 Å². The maximum absolute atomic E-state index is 12.6. The number of carbonyl (C=O) groups is 1. The molecule has 0 radical (unpaired) electrons. The Kier molecular flexibility index (Phi) is 3.15. The van der Waals surface area contributed by atoms with E-state index in [0.29, 0.717) is 30.4 Å². The summed E-state index contributed by atoms with van der Waals surface area (Å²) in [5.41, 5.74) is 6.12. The minimum absolute atomic E-state index is 0.0620. The van der Waals surface area contributed by atoms with Crippen molar-refractivity contribution in [1.29, 1.82) is 0 Å². The highest BCUT2D eigenvalue weighted by Gasteiger charge is 2.31. The Hall–Kier alpha value is -1.78. The van der Waals surface area contributed by atoms with Gasteiger partial charge >= 0.3 is 6.18 Å². The van der Waals surface area contributed by atoms with Crippen molar-refractivity contribution in [2.24, 2.45) is 0 Å². The number of benzene rings is 1. The molecule has 1 aliphatic rings. The van der Waals surface area contributed by atoms with Crippen molar-refractivity contribution in [3.8, 4) is 0 Å². The Morgan fingerprint density at radius 1 is 1.17 bits per heavy atom. The third-order valence-electron chi connectivity index (χ3n) is 2.93. The standard InChI is InChI=1S/C13H12F3NO/c14-13(15,16)9-4-5-12(17)11(7-9)8-2-1-3-10(18)6-8/h4-7H,1-3,17H2. The van der Waals surface area contributed by atoms with Gasteiger partial charge in [-0.05, 0) is 42.7 Å². The van der Waals surface area contributed by atoms with Crippen LogP contribution in [-0.2, 0) is 11.0 Å². The van der Waals surface area contributed by atoms with Gasteiger partial charge in [-0.15, -0.1) is 0 Å². The molecule has 96 valence electrons. The second-order valence-electron chi connectivity index (χ2n) is 4.29. The summed E-state index contributed by atoms with van der Waals surface area (Å²) in [7, 11) is 0. The van der Waals surface area contributed by atoms with Gasteiger partial charge in [-0.2, -0.15) is 13.2 Å². The highest BCUT2D eigenvalue weighted by Crippen LogP contribution is 2.35. The number of hydrogen-bond acceptors (Lipinski definition) is 2. The summed E-state index contributed by atoms with van der Waals surface area (Å²) < 4.78 is 37.8. The number of ketones is 1. The molecule has 0 atom stereocenters. The first-order valence-electron chi connectivity index (χ1n) is 5.58. The van der Waals surface area contributed by atoms with E-state index in [1.165, 1.54) is 12.1 Å². The van der Waals surface area contributed by atoms with Gasteiger partial charge in [0.1, 0.15) is 0 Å². The van der Waals surface area contributed by atoms with E-state index in [9.17, 15) is 18.0 Å². The van der Waals surface area contributed by atoms with Gasteiger partial charge in [0.05, 0.1) is 5.56 Å². The maximum atomic E-state index is 12.6. The largest absolute Gasteiger partial charge is 0.416 e. The van der Waals surface area contributed by atoms with Crippen LogP contribution in [0.4, 0.5) is 18.9 Å². The fourth-order valence-corrected chi connectivity index (χ4v) is 2.01. The Morgan fingerprint density at radius 2 is 1.89 bits per heavy atom. The quantitative estimate of drug-likeness (QED) is 0.781. The molecule has 0 heterocycles. The Bertz CT molecular complexity index is 517. The molecule has 0 aliphatic heterocycles. The summed E-state index contributed by atoms with van der Waals surface area (Å²) in [6, 6.07) is 3.20. The monoisotopic (exact) mass is 255 g/mol. The Labute approximate surface area is 102 Å². The second kappa shape index (κ2) is 4.48. The molecule has 0 bridgehead atoms. The van der Waals surface area contributed by atoms with Gasteiger partial charge in [0.25, 0.3) is 0 Å². The average molecular weight is 255 g/mol. The van der Waals surface area contributed by atoms with Gasteiger partial charge in [-0.1, -0.05) is 0 Å². The van der Waals surface area contributed by atoms with E-state index in [2.05, 4.69) is 0 Å². The molecule has 1 aliphatic carbocycles. The van der Waals surface area contributed by atoms with Crippen molar-refractivity contribution < 1.29 is 18.0 Å². The van der Waals surface area contributed by atoms with Crippen molar-refractivity contribution in [3.05, 3.63) is 35.4 Å². The first-order chi connectivity index (χ1) is 8.38. The van der Waals surface area contributed by atoms with Crippen molar-refractivity contribution in [2.75, 3.05) is 5.73 Å². The fourth-order valence-electron chi connectivity index (χ4n) is 2.01. The average Bonchev–Trinajstić information content (AvgIpc) is 2.28. The molecule has 0 fully saturated rings. The molecule has 2 rings (SSSR count). The van der Waals surface area contributed by atoms with Crippen LogP contribution in [-0.4, -0.2) is 5.78 Å². The molecular weight excluding hydrogens is 243 g/mol. The molecule has 5 heteroatoms. The number of nitrogens with two attached hydrogens (primary N) is 1. The van der Waals surface area contributed by atoms with E-state index in [0.717, 1.165) is 12.1 Å². The highest BCUT2D eigenvalue weighted by atomic mass is 19.4. The van der Waals surface area contributed by atoms with Crippen LogP contribution in [0.15, 0.2) is 24.3 Å². The van der Waals surface area contributed by atoms with Crippen LogP contribution < -0.4 is 5.73 Å². The zero-order chi connectivity index (χ0) is 13.3. The number of carbonyl (C=O) groups excluding carboxylic acids is 1. The zero-order valence-electron chi connectivity index (χ0n) is 9.55. The van der Waals surface area contributed by atoms with Crippen molar-refractivity contribution in [1.82, 2.24) is 0 Å². The summed E-state index contributed by atoms with van der Waals surface area (Å²) in [6.45, 7) is 0. The van der Waals surface area contributed by atoms with Gasteiger partial charge < -0.3 is 5.73 Å². The lowest BCUT2D eigenvalue weighted by Gasteiger charge is -2.16. The minimum atomic E-state index is -4.40. The number of nitrogen functional groups attached to an aromatic ring is 1. The molecule has 2 N–H and O–H groups in total. The van der Waals surface area contributed by atoms with Crippen LogP contribution in [0.5, 0.6) is 0 Å². The first kappa shape index (κ1) is 12.7. The molecule has 2 nitrogen and oxygen atoms in total. The van der Waals surface area contributed by atoms with Gasteiger partial charge in [0.15, 0.2) is 5.78 Å². The van der Waals surface area contributed by atoms with Gasteiger partial charge in [0.2, 0.25) is 0 Å². The summed E-state index contributed by atoms with van der Waals surface area (Å²) in [4.78, 5) is 11.3. The smallest absolute Gasteiger partial charge is 0.398 e. The van der Waals surface area contributed by atoms with E-state index in [-0.39, 0.29) is 11.5 Å². The Morgan fingerprint density at radius 3 is 2.50 bits per heavy atom. The predicted octanol–water partition coefficient (Wildman–Crippen LogP) is 3.42. The Balaban J connectivity index is 2.47. The van der Waals surface area contributed by atoms with Gasteiger partial charge in [0, 0.05) is 17.7 Å². The van der Waals surface area contributed by atoms with Crippen LogP contribution in [0.2, 0.25) is 0 Å². The topological polar surface area (TPSA) is 43.1 Å². The van der Waals surface area contributed by atoms with Crippen LogP contribution in [0.1, 0.15) is 30.4 Å². The van der Waals surface area contributed by atoms with Crippen molar-refractivity contribution in [3.63, 3.8) is 0 Å². The molecule has 0 saturated carbocycles. The second-order valence-corrected chi connectivity index (χ2v) is 4.29. The summed E-state index contributed by atoms with van der Waals surface area (Å²) in [6.07, 6.45) is -1.32. The molecule has 1 aromatic rings. The van der Waals surface area contributed by atoms with E-state index in [1.807, 2.05) is 0 Å². The number of anilines is 1. The van der Waals surface area contributed by atoms with E-state index < -0.39 is 11.7 Å². The maximum Gasteiger partial charge on any atom is 0.416 e. The number of alkyl halides is 3. The van der Waals surface area contributed by atoms with Crippen molar-refractivity contribution >= 4 is 17.0 Å². The molecule has 18 heavy (non-hydrogen) atoms. The lowest BCUT2D eigenvalue weighted by Crippen LogP contribution is -2.08. The summed E-state index contributed by atoms with van der Waals surface area (Å²) in [5, 5.41) is 0. The van der Waals surface area contributed by atoms with E-state index in [4.69, 9.17) is 5.73 Å². The SMILES string of the molecule is Nc1ccc(C(F)(F)F)cc1C1=CC(=O)CCC1. The number of allylic oxidation sites excluding steroid dienone is 2. The predicted molar refractivity (Wildman–Crippen MR) is 62.7 cm³/mol. The van der Waals surface area contributed by atoms with E-state index in [1.54, 1.807) is 0 Å². The molecule has 0 unspecified atom stereocenters. The molecule has 0 amide bonds. The molecule has 0 spiro atoms. The third kappa shape index (κ3) is 2.55.